The van der Waals surface area contributed by atoms with Gasteiger partial charge in [-0.05, 0) is 18.9 Å². The number of fused-ring (bicyclic) bond motifs is 1. The molecule has 0 atom stereocenters. The predicted octanol–water partition coefficient (Wildman–Crippen LogP) is 2.83. The van der Waals surface area contributed by atoms with Crippen molar-refractivity contribution in [1.29, 1.82) is 0 Å². The van der Waals surface area contributed by atoms with E-state index in [1.54, 1.807) is 10.6 Å². The summed E-state index contributed by atoms with van der Waals surface area (Å²) in [5.41, 5.74) is 0. The second-order valence-electron chi connectivity index (χ2n) is 4.30. The van der Waals surface area contributed by atoms with Gasteiger partial charge >= 0.3 is 0 Å². The zero-order valence-electron chi connectivity index (χ0n) is 8.93. The van der Waals surface area contributed by atoms with Crippen LogP contribution in [0.5, 0.6) is 0 Å². The number of hydrogen-bond donors (Lipinski definition) is 0. The predicted molar refractivity (Wildman–Crippen MR) is 61.6 cm³/mol. The van der Waals surface area contributed by atoms with Crippen LogP contribution in [0, 0.1) is 0 Å². The maximum Gasteiger partial charge on any atom is 0.253 e. The van der Waals surface area contributed by atoms with E-state index < -0.39 is 0 Å². The summed E-state index contributed by atoms with van der Waals surface area (Å²) in [6.45, 7) is 0. The van der Waals surface area contributed by atoms with E-state index >= 15 is 0 Å². The molecule has 0 aliphatic heterocycles. The monoisotopic (exact) mass is 236 g/mol. The zero-order chi connectivity index (χ0) is 11.0. The van der Waals surface area contributed by atoms with E-state index in [4.69, 9.17) is 11.6 Å². The van der Waals surface area contributed by atoms with Crippen LogP contribution in [-0.4, -0.2) is 19.6 Å². The second kappa shape index (κ2) is 4.01. The highest BCUT2D eigenvalue weighted by Gasteiger charge is 2.20. The summed E-state index contributed by atoms with van der Waals surface area (Å²) in [6, 6.07) is 1.73. The third kappa shape index (κ3) is 1.78. The molecular weight excluding hydrogens is 224 g/mol. The Kier molecular flexibility index (Phi) is 2.52. The molecule has 0 bridgehead atoms. The van der Waals surface area contributed by atoms with Crippen molar-refractivity contribution in [1.82, 2.24) is 19.6 Å². The minimum absolute atomic E-state index is 0.468. The van der Waals surface area contributed by atoms with Gasteiger partial charge in [-0.1, -0.05) is 30.9 Å². The number of halogens is 1. The van der Waals surface area contributed by atoms with E-state index in [0.717, 1.165) is 5.82 Å². The first-order chi connectivity index (χ1) is 7.83. The molecule has 2 aromatic rings. The summed E-state index contributed by atoms with van der Waals surface area (Å²) in [4.78, 5) is 8.60. The first-order valence-corrected chi connectivity index (χ1v) is 6.09. The van der Waals surface area contributed by atoms with Gasteiger partial charge in [-0.25, -0.2) is 4.52 Å². The molecule has 0 N–H and O–H groups in total. The standard InChI is InChI=1S/C11H13ClN4/c12-9-6-7-16-11(13-9)14-10(15-16)8-4-2-1-3-5-8/h6-8H,1-5H2. The summed E-state index contributed by atoms with van der Waals surface area (Å²) < 4.78 is 1.70. The molecule has 4 nitrogen and oxygen atoms in total. The van der Waals surface area contributed by atoms with Crippen molar-refractivity contribution in [2.45, 2.75) is 38.0 Å². The Balaban J connectivity index is 1.97. The van der Waals surface area contributed by atoms with E-state index in [-0.39, 0.29) is 0 Å². The van der Waals surface area contributed by atoms with Crippen molar-refractivity contribution >= 4 is 17.4 Å². The van der Waals surface area contributed by atoms with Crippen LogP contribution < -0.4 is 0 Å². The quantitative estimate of drug-likeness (QED) is 0.715. The van der Waals surface area contributed by atoms with Gasteiger partial charge in [0.1, 0.15) is 5.15 Å². The molecule has 0 radical (unpaired) electrons. The molecule has 0 unspecified atom stereocenters. The van der Waals surface area contributed by atoms with Crippen LogP contribution >= 0.6 is 11.6 Å². The Morgan fingerprint density at radius 2 is 2.00 bits per heavy atom. The molecule has 3 rings (SSSR count). The van der Waals surface area contributed by atoms with Crippen LogP contribution in [0.2, 0.25) is 5.15 Å². The Labute approximate surface area is 98.7 Å². The molecule has 0 spiro atoms. The first kappa shape index (κ1) is 10.0. The first-order valence-electron chi connectivity index (χ1n) is 5.72. The van der Waals surface area contributed by atoms with Gasteiger partial charge < -0.3 is 0 Å². The van der Waals surface area contributed by atoms with Crippen LogP contribution in [0.1, 0.15) is 43.8 Å². The molecule has 1 aliphatic carbocycles. The molecule has 2 heterocycles. The molecule has 2 aromatic heterocycles. The zero-order valence-corrected chi connectivity index (χ0v) is 9.69. The minimum atomic E-state index is 0.468. The van der Waals surface area contributed by atoms with E-state index in [1.165, 1.54) is 32.1 Å². The van der Waals surface area contributed by atoms with Crippen molar-refractivity contribution < 1.29 is 0 Å². The molecule has 0 amide bonds. The summed E-state index contributed by atoms with van der Waals surface area (Å²) in [7, 11) is 0. The number of rotatable bonds is 1. The van der Waals surface area contributed by atoms with Gasteiger partial charge in [0, 0.05) is 12.1 Å². The fourth-order valence-corrected chi connectivity index (χ4v) is 2.44. The molecule has 1 saturated carbocycles. The van der Waals surface area contributed by atoms with Crippen molar-refractivity contribution in [3.63, 3.8) is 0 Å². The van der Waals surface area contributed by atoms with Gasteiger partial charge in [-0.15, -0.1) is 5.10 Å². The van der Waals surface area contributed by atoms with Crippen molar-refractivity contribution in [2.24, 2.45) is 0 Å². The summed E-state index contributed by atoms with van der Waals surface area (Å²) >= 11 is 5.82. The normalized spacial score (nSPS) is 18.1. The van der Waals surface area contributed by atoms with Gasteiger partial charge in [0.2, 0.25) is 0 Å². The molecule has 1 fully saturated rings. The van der Waals surface area contributed by atoms with E-state index in [1.807, 2.05) is 6.20 Å². The topological polar surface area (TPSA) is 43.1 Å². The summed E-state index contributed by atoms with van der Waals surface area (Å²) in [5, 5.41) is 4.93. The lowest BCUT2D eigenvalue weighted by Crippen LogP contribution is -2.06. The molecule has 16 heavy (non-hydrogen) atoms. The van der Waals surface area contributed by atoms with Crippen molar-refractivity contribution in [2.75, 3.05) is 0 Å². The molecule has 0 saturated heterocycles. The average Bonchev–Trinajstić information content (AvgIpc) is 2.73. The maximum absolute atomic E-state index is 5.82. The van der Waals surface area contributed by atoms with Crippen LogP contribution in [0.3, 0.4) is 0 Å². The third-order valence-corrected chi connectivity index (χ3v) is 3.37. The fraction of sp³-hybridized carbons (Fsp3) is 0.545. The summed E-state index contributed by atoms with van der Waals surface area (Å²) in [6.07, 6.45) is 8.12. The van der Waals surface area contributed by atoms with Gasteiger partial charge in [-0.3, -0.25) is 0 Å². The van der Waals surface area contributed by atoms with Crippen LogP contribution in [-0.2, 0) is 0 Å². The Morgan fingerprint density at radius 3 is 2.81 bits per heavy atom. The van der Waals surface area contributed by atoms with Crippen molar-refractivity contribution in [3.05, 3.63) is 23.2 Å². The van der Waals surface area contributed by atoms with Gasteiger partial charge in [0.05, 0.1) is 0 Å². The van der Waals surface area contributed by atoms with E-state index in [0.29, 0.717) is 16.8 Å². The Bertz CT molecular complexity index is 502. The lowest BCUT2D eigenvalue weighted by atomic mass is 9.89. The highest BCUT2D eigenvalue weighted by molar-refractivity contribution is 6.29. The highest BCUT2D eigenvalue weighted by atomic mass is 35.5. The fourth-order valence-electron chi connectivity index (χ4n) is 2.31. The lowest BCUT2D eigenvalue weighted by molar-refractivity contribution is 0.429. The molecule has 1 aliphatic rings. The second-order valence-corrected chi connectivity index (χ2v) is 4.69. The summed E-state index contributed by atoms with van der Waals surface area (Å²) in [5.74, 6) is 2.04. The Morgan fingerprint density at radius 1 is 1.19 bits per heavy atom. The highest BCUT2D eigenvalue weighted by Crippen LogP contribution is 2.30. The molecule has 5 heteroatoms. The average molecular weight is 237 g/mol. The number of nitrogens with zero attached hydrogens (tertiary/aromatic N) is 4. The van der Waals surface area contributed by atoms with E-state index in [2.05, 4.69) is 15.1 Å². The SMILES string of the molecule is Clc1ccn2nc(C3CCCCC3)nc2n1. The molecule has 84 valence electrons. The largest absolute Gasteiger partial charge is 0.253 e. The minimum Gasteiger partial charge on any atom is -0.204 e. The maximum atomic E-state index is 5.82. The van der Waals surface area contributed by atoms with Gasteiger partial charge in [-0.2, -0.15) is 9.97 Å². The van der Waals surface area contributed by atoms with Crippen LogP contribution in [0.25, 0.3) is 5.78 Å². The Hall–Kier alpha value is -1.16. The van der Waals surface area contributed by atoms with Crippen LogP contribution in [0.15, 0.2) is 12.3 Å². The van der Waals surface area contributed by atoms with Gasteiger partial charge in [0.25, 0.3) is 5.78 Å². The number of aromatic nitrogens is 4. The van der Waals surface area contributed by atoms with Crippen LogP contribution in [0.4, 0.5) is 0 Å². The van der Waals surface area contributed by atoms with E-state index in [9.17, 15) is 0 Å². The molecular formula is C11H13ClN4. The molecule has 0 aromatic carbocycles. The number of hydrogen-bond acceptors (Lipinski definition) is 3. The lowest BCUT2D eigenvalue weighted by Gasteiger charge is -2.17. The van der Waals surface area contributed by atoms with Crippen molar-refractivity contribution in [3.8, 4) is 0 Å². The van der Waals surface area contributed by atoms with Gasteiger partial charge in [0.15, 0.2) is 5.82 Å². The smallest absolute Gasteiger partial charge is 0.204 e. The third-order valence-electron chi connectivity index (χ3n) is 3.16.